The zero-order valence-corrected chi connectivity index (χ0v) is 16.7. The fourth-order valence-corrected chi connectivity index (χ4v) is 2.89. The van der Waals surface area contributed by atoms with E-state index in [9.17, 15) is 0 Å². The molecule has 0 unspecified atom stereocenters. The molecule has 3 rings (SSSR count). The van der Waals surface area contributed by atoms with Crippen molar-refractivity contribution in [3.8, 4) is 11.3 Å². The van der Waals surface area contributed by atoms with E-state index in [0.29, 0.717) is 18.1 Å². The molecule has 0 spiro atoms. The topological polar surface area (TPSA) is 66.7 Å². The van der Waals surface area contributed by atoms with Crippen LogP contribution < -0.4 is 40.6 Å². The molecular weight excluding hydrogens is 331 g/mol. The fourth-order valence-electron chi connectivity index (χ4n) is 2.62. The molecule has 0 fully saturated rings. The summed E-state index contributed by atoms with van der Waals surface area (Å²) in [6, 6.07) is 10.0. The van der Waals surface area contributed by atoms with Gasteiger partial charge in [0, 0.05) is 40.9 Å². The van der Waals surface area contributed by atoms with E-state index in [2.05, 4.69) is 34.1 Å². The summed E-state index contributed by atoms with van der Waals surface area (Å²) in [4.78, 5) is 8.00. The quantitative estimate of drug-likeness (QED) is 0.361. The predicted molar refractivity (Wildman–Crippen MR) is 94.9 cm³/mol. The summed E-state index contributed by atoms with van der Waals surface area (Å²) in [7, 11) is 0. The SMILES string of the molecule is C=[C-]NCc1cc2cc(Cl)c(-c3ccc(CN)c(C)n3)cc2[nH]1.[Na+]. The van der Waals surface area contributed by atoms with Crippen LogP contribution in [0.15, 0.2) is 36.9 Å². The Hall–Kier alpha value is -1.30. The van der Waals surface area contributed by atoms with Crippen LogP contribution in [-0.2, 0) is 13.1 Å². The Morgan fingerprint density at radius 1 is 1.33 bits per heavy atom. The van der Waals surface area contributed by atoms with Crippen molar-refractivity contribution in [1.29, 1.82) is 0 Å². The number of aromatic amines is 1. The van der Waals surface area contributed by atoms with Crippen LogP contribution in [0.1, 0.15) is 17.0 Å². The van der Waals surface area contributed by atoms with E-state index in [1.807, 2.05) is 31.2 Å². The second kappa shape index (κ2) is 8.19. The molecule has 6 heteroatoms. The number of aromatic nitrogens is 2. The molecule has 4 nitrogen and oxygen atoms in total. The second-order valence-electron chi connectivity index (χ2n) is 5.39. The van der Waals surface area contributed by atoms with E-state index < -0.39 is 0 Å². The summed E-state index contributed by atoms with van der Waals surface area (Å²) < 4.78 is 0. The van der Waals surface area contributed by atoms with Crippen LogP contribution in [0.3, 0.4) is 0 Å². The maximum atomic E-state index is 6.46. The number of rotatable bonds is 5. The van der Waals surface area contributed by atoms with E-state index in [-0.39, 0.29) is 29.6 Å². The van der Waals surface area contributed by atoms with E-state index in [1.54, 1.807) is 0 Å². The summed E-state index contributed by atoms with van der Waals surface area (Å²) in [5.41, 5.74) is 11.5. The molecular formula is C18H18ClN4Na. The number of aryl methyl sites for hydroxylation is 1. The first-order valence-electron chi connectivity index (χ1n) is 7.35. The van der Waals surface area contributed by atoms with Crippen molar-refractivity contribution in [3.05, 3.63) is 65.1 Å². The number of benzene rings is 1. The van der Waals surface area contributed by atoms with Crippen molar-refractivity contribution in [2.24, 2.45) is 5.73 Å². The van der Waals surface area contributed by atoms with Gasteiger partial charge in [-0.1, -0.05) is 17.7 Å². The summed E-state index contributed by atoms with van der Waals surface area (Å²) in [6.45, 7) is 6.62. The van der Waals surface area contributed by atoms with Crippen LogP contribution in [-0.4, -0.2) is 9.97 Å². The van der Waals surface area contributed by atoms with Crippen molar-refractivity contribution >= 4 is 22.5 Å². The van der Waals surface area contributed by atoms with Gasteiger partial charge in [-0.15, -0.1) is 0 Å². The number of nitrogens with two attached hydrogens (primary N) is 1. The number of pyridine rings is 1. The Morgan fingerprint density at radius 2 is 2.12 bits per heavy atom. The predicted octanol–water partition coefficient (Wildman–Crippen LogP) is 0.691. The average Bonchev–Trinajstić information content (AvgIpc) is 2.93. The molecule has 4 N–H and O–H groups in total. The molecule has 0 saturated heterocycles. The van der Waals surface area contributed by atoms with Crippen LogP contribution in [0.5, 0.6) is 0 Å². The van der Waals surface area contributed by atoms with Gasteiger partial charge in [-0.25, -0.2) is 0 Å². The number of hydrogen-bond donors (Lipinski definition) is 3. The number of fused-ring (bicyclic) bond motifs is 1. The number of hydrogen-bond acceptors (Lipinski definition) is 3. The van der Waals surface area contributed by atoms with Gasteiger partial charge in [0.05, 0.1) is 10.7 Å². The zero-order valence-electron chi connectivity index (χ0n) is 13.9. The maximum absolute atomic E-state index is 6.46. The normalized spacial score (nSPS) is 10.5. The fraction of sp³-hybridized carbons (Fsp3) is 0.167. The Balaban J connectivity index is 0.00000208. The summed E-state index contributed by atoms with van der Waals surface area (Å²) in [6.07, 6.45) is 2.66. The third-order valence-corrected chi connectivity index (χ3v) is 4.17. The number of nitrogens with one attached hydrogen (secondary N) is 2. The molecule has 0 atom stereocenters. The van der Waals surface area contributed by atoms with Gasteiger partial charge >= 0.3 is 29.6 Å². The van der Waals surface area contributed by atoms with E-state index in [1.165, 1.54) is 0 Å². The van der Waals surface area contributed by atoms with Gasteiger partial charge in [0.2, 0.25) is 0 Å². The van der Waals surface area contributed by atoms with Crippen molar-refractivity contribution in [2.45, 2.75) is 20.0 Å². The van der Waals surface area contributed by atoms with Crippen molar-refractivity contribution in [2.75, 3.05) is 0 Å². The van der Waals surface area contributed by atoms with E-state index >= 15 is 0 Å². The molecule has 0 aliphatic rings. The maximum Gasteiger partial charge on any atom is 1.00 e. The number of nitrogens with zero attached hydrogens (tertiary/aromatic N) is 1. The van der Waals surface area contributed by atoms with Gasteiger partial charge in [0.25, 0.3) is 0 Å². The van der Waals surface area contributed by atoms with Crippen molar-refractivity contribution in [3.63, 3.8) is 0 Å². The molecule has 0 aliphatic heterocycles. The molecule has 0 aliphatic carbocycles. The van der Waals surface area contributed by atoms with Gasteiger partial charge < -0.3 is 22.2 Å². The standard InChI is InChI=1S/C18H18ClN4.Na/c1-3-21-10-14-6-13-7-16(19)15(8-18(13)23-14)17-5-4-12(9-20)11(2)22-17;/h4-8,21,23H,1,9-10,20H2,2H3;/q-1;+1. The molecule has 1 aromatic carbocycles. The number of H-pyrrole nitrogens is 1. The van der Waals surface area contributed by atoms with E-state index in [0.717, 1.165) is 39.1 Å². The minimum absolute atomic E-state index is 0. The first kappa shape index (κ1) is 19.0. The molecule has 0 saturated carbocycles. The smallest absolute Gasteiger partial charge is 0.563 e. The molecule has 118 valence electrons. The Bertz CT molecular complexity index is 873. The second-order valence-corrected chi connectivity index (χ2v) is 5.80. The summed E-state index contributed by atoms with van der Waals surface area (Å²) in [5.74, 6) is 0. The molecule has 3 aromatic rings. The van der Waals surface area contributed by atoms with Gasteiger partial charge in [-0.2, -0.15) is 0 Å². The molecule has 2 aromatic heterocycles. The monoisotopic (exact) mass is 348 g/mol. The van der Waals surface area contributed by atoms with Crippen molar-refractivity contribution in [1.82, 2.24) is 15.3 Å². The van der Waals surface area contributed by atoms with Crippen LogP contribution in [0, 0.1) is 13.1 Å². The third kappa shape index (κ3) is 3.85. The Kier molecular flexibility index (Phi) is 6.49. The van der Waals surface area contributed by atoms with Gasteiger partial charge in [0.1, 0.15) is 0 Å². The number of halogens is 1. The van der Waals surface area contributed by atoms with Gasteiger partial charge in [-0.3, -0.25) is 11.6 Å². The van der Waals surface area contributed by atoms with Crippen LogP contribution in [0.25, 0.3) is 22.2 Å². The van der Waals surface area contributed by atoms with Gasteiger partial charge in [0.15, 0.2) is 0 Å². The first-order valence-corrected chi connectivity index (χ1v) is 7.73. The minimum Gasteiger partial charge on any atom is -0.563 e. The van der Waals surface area contributed by atoms with Crippen LogP contribution in [0.4, 0.5) is 0 Å². The zero-order chi connectivity index (χ0) is 16.4. The van der Waals surface area contributed by atoms with E-state index in [4.69, 9.17) is 17.3 Å². The molecule has 0 radical (unpaired) electrons. The first-order chi connectivity index (χ1) is 11.1. The summed E-state index contributed by atoms with van der Waals surface area (Å²) in [5, 5.41) is 4.70. The molecule has 2 heterocycles. The largest absolute Gasteiger partial charge is 1.00 e. The Labute approximate surface area is 168 Å². The molecule has 0 bridgehead atoms. The molecule has 24 heavy (non-hydrogen) atoms. The summed E-state index contributed by atoms with van der Waals surface area (Å²) >= 11 is 6.46. The van der Waals surface area contributed by atoms with Crippen LogP contribution >= 0.6 is 11.6 Å². The average molecular weight is 349 g/mol. The van der Waals surface area contributed by atoms with Gasteiger partial charge in [-0.05, 0) is 36.8 Å². The van der Waals surface area contributed by atoms with Crippen molar-refractivity contribution < 1.29 is 29.6 Å². The van der Waals surface area contributed by atoms with Crippen LogP contribution in [0.2, 0.25) is 5.02 Å². The molecule has 0 amide bonds. The minimum atomic E-state index is 0. The third-order valence-electron chi connectivity index (χ3n) is 3.86. The Morgan fingerprint density at radius 3 is 2.79 bits per heavy atom.